The van der Waals surface area contributed by atoms with Gasteiger partial charge in [0.1, 0.15) is 11.8 Å². The number of methoxy groups -OCH3 is 1. The molecular formula is C21H23N3O4. The molecule has 2 aromatic rings. The Bertz CT molecular complexity index is 836. The molecule has 2 aromatic carbocycles. The van der Waals surface area contributed by atoms with Gasteiger partial charge in [-0.05, 0) is 42.7 Å². The van der Waals surface area contributed by atoms with Gasteiger partial charge in [0.05, 0.1) is 7.11 Å². The molecule has 1 unspecified atom stereocenters. The summed E-state index contributed by atoms with van der Waals surface area (Å²) in [6, 6.07) is 15.5. The van der Waals surface area contributed by atoms with Crippen LogP contribution in [0.15, 0.2) is 54.6 Å². The van der Waals surface area contributed by atoms with Crippen LogP contribution in [0.25, 0.3) is 0 Å². The van der Waals surface area contributed by atoms with Crippen molar-refractivity contribution in [3.63, 3.8) is 0 Å². The highest BCUT2D eigenvalue weighted by Gasteiger charge is 2.37. The minimum Gasteiger partial charge on any atom is -0.497 e. The number of hydrogen-bond donors (Lipinski definition) is 2. The van der Waals surface area contributed by atoms with E-state index in [4.69, 9.17) is 4.74 Å². The first-order chi connectivity index (χ1) is 13.6. The highest BCUT2D eigenvalue weighted by molar-refractivity contribution is 6.04. The van der Waals surface area contributed by atoms with E-state index in [1.54, 1.807) is 19.2 Å². The second kappa shape index (κ2) is 9.03. The Kier molecular flexibility index (Phi) is 6.26. The van der Waals surface area contributed by atoms with Gasteiger partial charge in [-0.1, -0.05) is 30.3 Å². The number of rotatable bonds is 8. The molecule has 0 aromatic heterocycles. The summed E-state index contributed by atoms with van der Waals surface area (Å²) in [4.78, 5) is 37.9. The lowest BCUT2D eigenvalue weighted by molar-refractivity contribution is -0.127. The molecule has 3 rings (SSSR count). The van der Waals surface area contributed by atoms with Gasteiger partial charge in [0, 0.05) is 18.7 Å². The standard InChI is InChI=1S/C21H23N3O4/c1-28-17-9-7-15(8-10-17)13-14-24-20(26)18(23-21(24)27)11-12-19(25)22-16-5-3-2-4-6-16/h2-10,18H,11-14H2,1H3,(H,22,25)(H,23,27). The van der Waals surface area contributed by atoms with Crippen molar-refractivity contribution in [2.45, 2.75) is 25.3 Å². The average molecular weight is 381 g/mol. The molecule has 1 saturated heterocycles. The van der Waals surface area contributed by atoms with Crippen molar-refractivity contribution in [2.24, 2.45) is 0 Å². The molecule has 0 bridgehead atoms. The maximum atomic E-state index is 12.5. The minimum atomic E-state index is -0.662. The van der Waals surface area contributed by atoms with Crippen LogP contribution in [0.3, 0.4) is 0 Å². The van der Waals surface area contributed by atoms with Crippen molar-refractivity contribution in [1.82, 2.24) is 10.2 Å². The molecule has 1 aliphatic rings. The Morgan fingerprint density at radius 2 is 1.82 bits per heavy atom. The number of imide groups is 1. The fourth-order valence-electron chi connectivity index (χ4n) is 3.04. The van der Waals surface area contributed by atoms with Gasteiger partial charge in [0.2, 0.25) is 5.91 Å². The van der Waals surface area contributed by atoms with Crippen LogP contribution < -0.4 is 15.4 Å². The minimum absolute atomic E-state index is 0.151. The predicted octanol–water partition coefficient (Wildman–Crippen LogP) is 2.58. The van der Waals surface area contributed by atoms with Gasteiger partial charge in [-0.25, -0.2) is 4.79 Å². The van der Waals surface area contributed by atoms with Gasteiger partial charge in [-0.2, -0.15) is 0 Å². The first-order valence-corrected chi connectivity index (χ1v) is 9.16. The normalized spacial score (nSPS) is 16.0. The van der Waals surface area contributed by atoms with E-state index < -0.39 is 12.1 Å². The van der Waals surface area contributed by atoms with Crippen LogP contribution in [-0.4, -0.2) is 42.4 Å². The molecule has 0 spiro atoms. The molecule has 1 heterocycles. The van der Waals surface area contributed by atoms with Crippen molar-refractivity contribution < 1.29 is 19.1 Å². The van der Waals surface area contributed by atoms with Gasteiger partial charge in [-0.15, -0.1) is 0 Å². The first kappa shape index (κ1) is 19.4. The number of ether oxygens (including phenoxy) is 1. The highest BCUT2D eigenvalue weighted by atomic mass is 16.5. The summed E-state index contributed by atoms with van der Waals surface area (Å²) in [5, 5.41) is 5.44. The molecule has 146 valence electrons. The lowest BCUT2D eigenvalue weighted by atomic mass is 10.1. The van der Waals surface area contributed by atoms with Gasteiger partial charge in [0.25, 0.3) is 5.91 Å². The molecule has 1 aliphatic heterocycles. The topological polar surface area (TPSA) is 87.7 Å². The molecule has 28 heavy (non-hydrogen) atoms. The van der Waals surface area contributed by atoms with Gasteiger partial charge < -0.3 is 15.4 Å². The van der Waals surface area contributed by atoms with Gasteiger partial charge in [0.15, 0.2) is 0 Å². The zero-order valence-corrected chi connectivity index (χ0v) is 15.7. The first-order valence-electron chi connectivity index (χ1n) is 9.16. The summed E-state index contributed by atoms with van der Waals surface area (Å²) < 4.78 is 5.12. The second-order valence-corrected chi connectivity index (χ2v) is 6.54. The van der Waals surface area contributed by atoms with Crippen molar-refractivity contribution in [1.29, 1.82) is 0 Å². The maximum absolute atomic E-state index is 12.5. The van der Waals surface area contributed by atoms with E-state index >= 15 is 0 Å². The summed E-state index contributed by atoms with van der Waals surface area (Å²) in [6.07, 6.45) is 0.977. The summed E-state index contributed by atoms with van der Waals surface area (Å²) in [5.74, 6) is 0.281. The van der Waals surface area contributed by atoms with Crippen molar-refractivity contribution in [2.75, 3.05) is 19.0 Å². The Hall–Kier alpha value is -3.35. The van der Waals surface area contributed by atoms with Crippen molar-refractivity contribution in [3.8, 4) is 5.75 Å². The predicted molar refractivity (Wildman–Crippen MR) is 105 cm³/mol. The number of nitrogens with zero attached hydrogens (tertiary/aromatic N) is 1. The van der Waals surface area contributed by atoms with E-state index in [2.05, 4.69) is 10.6 Å². The summed E-state index contributed by atoms with van der Waals surface area (Å²) in [7, 11) is 1.60. The van der Waals surface area contributed by atoms with Gasteiger partial charge in [-0.3, -0.25) is 14.5 Å². The fourth-order valence-corrected chi connectivity index (χ4v) is 3.04. The number of carbonyl (C=O) groups excluding carboxylic acids is 3. The second-order valence-electron chi connectivity index (χ2n) is 6.54. The Morgan fingerprint density at radius 1 is 1.11 bits per heavy atom. The van der Waals surface area contributed by atoms with Crippen molar-refractivity contribution >= 4 is 23.5 Å². The molecule has 7 heteroatoms. The van der Waals surface area contributed by atoms with E-state index in [-0.39, 0.29) is 24.7 Å². The molecule has 0 aliphatic carbocycles. The van der Waals surface area contributed by atoms with E-state index in [9.17, 15) is 14.4 Å². The van der Waals surface area contributed by atoms with Crippen LogP contribution in [0.2, 0.25) is 0 Å². The van der Waals surface area contributed by atoms with E-state index in [1.807, 2.05) is 42.5 Å². The zero-order chi connectivity index (χ0) is 19.9. The average Bonchev–Trinajstić information content (AvgIpc) is 2.99. The van der Waals surface area contributed by atoms with Crippen molar-refractivity contribution in [3.05, 3.63) is 60.2 Å². The summed E-state index contributed by atoms with van der Waals surface area (Å²) >= 11 is 0. The SMILES string of the molecule is COc1ccc(CCN2C(=O)NC(CCC(=O)Nc3ccccc3)C2=O)cc1. The number of carbonyl (C=O) groups is 3. The smallest absolute Gasteiger partial charge is 0.324 e. The highest BCUT2D eigenvalue weighted by Crippen LogP contribution is 2.15. The zero-order valence-electron chi connectivity index (χ0n) is 15.7. The lowest BCUT2D eigenvalue weighted by Gasteiger charge is -2.13. The number of urea groups is 1. The third-order valence-electron chi connectivity index (χ3n) is 4.61. The number of amides is 4. The van der Waals surface area contributed by atoms with E-state index in [0.29, 0.717) is 18.7 Å². The summed E-state index contributed by atoms with van der Waals surface area (Å²) in [5.41, 5.74) is 1.71. The van der Waals surface area contributed by atoms with E-state index in [0.717, 1.165) is 11.3 Å². The third-order valence-corrected chi connectivity index (χ3v) is 4.61. The van der Waals surface area contributed by atoms with Crippen LogP contribution in [0.1, 0.15) is 18.4 Å². The van der Waals surface area contributed by atoms with E-state index in [1.165, 1.54) is 4.90 Å². The lowest BCUT2D eigenvalue weighted by Crippen LogP contribution is -2.33. The molecule has 0 radical (unpaired) electrons. The number of benzene rings is 2. The molecule has 1 fully saturated rings. The Labute approximate surface area is 163 Å². The van der Waals surface area contributed by atoms with Crippen LogP contribution in [0.5, 0.6) is 5.75 Å². The third kappa shape index (κ3) is 4.88. The molecule has 4 amide bonds. The molecule has 0 saturated carbocycles. The maximum Gasteiger partial charge on any atom is 0.324 e. The van der Waals surface area contributed by atoms with Crippen LogP contribution in [0, 0.1) is 0 Å². The molecule has 2 N–H and O–H groups in total. The molecular weight excluding hydrogens is 358 g/mol. The van der Waals surface area contributed by atoms with Crippen LogP contribution in [-0.2, 0) is 16.0 Å². The number of nitrogens with one attached hydrogen (secondary N) is 2. The van der Waals surface area contributed by atoms with Crippen LogP contribution >= 0.6 is 0 Å². The van der Waals surface area contributed by atoms with Crippen LogP contribution in [0.4, 0.5) is 10.5 Å². The number of anilines is 1. The summed E-state index contributed by atoms with van der Waals surface area (Å²) in [6.45, 7) is 0.295. The Morgan fingerprint density at radius 3 is 2.50 bits per heavy atom. The number of hydrogen-bond acceptors (Lipinski definition) is 4. The Balaban J connectivity index is 1.47. The largest absolute Gasteiger partial charge is 0.497 e. The monoisotopic (exact) mass is 381 g/mol. The quantitative estimate of drug-likeness (QED) is 0.688. The van der Waals surface area contributed by atoms with Gasteiger partial charge >= 0.3 is 6.03 Å². The molecule has 1 atom stereocenters. The molecule has 7 nitrogen and oxygen atoms in total. The fraction of sp³-hybridized carbons (Fsp3) is 0.286. The number of para-hydroxylation sites is 1.